The number of hydrogen-bond donors (Lipinski definition) is 0. The van der Waals surface area contributed by atoms with Crippen molar-refractivity contribution in [1.29, 1.82) is 0 Å². The maximum Gasteiger partial charge on any atom is 0.238 e. The molecule has 146 valence electrons. The third-order valence-electron chi connectivity index (χ3n) is 5.04. The van der Waals surface area contributed by atoms with Crippen molar-refractivity contribution in [2.24, 2.45) is 11.8 Å². The van der Waals surface area contributed by atoms with Gasteiger partial charge in [-0.3, -0.25) is 9.36 Å². The number of aromatic nitrogens is 2. The predicted octanol–water partition coefficient (Wildman–Crippen LogP) is 2.77. The Kier molecular flexibility index (Phi) is 5.42. The van der Waals surface area contributed by atoms with Gasteiger partial charge in [-0.1, -0.05) is 26.0 Å². The average Bonchev–Trinajstić information content (AvgIpc) is 3.06. The molecule has 0 radical (unpaired) electrons. The van der Waals surface area contributed by atoms with Crippen molar-refractivity contribution in [2.75, 3.05) is 18.8 Å². The van der Waals surface area contributed by atoms with Gasteiger partial charge >= 0.3 is 0 Å². The van der Waals surface area contributed by atoms with Crippen molar-refractivity contribution in [3.63, 3.8) is 0 Å². The molecule has 2 heterocycles. The molecule has 27 heavy (non-hydrogen) atoms. The summed E-state index contributed by atoms with van der Waals surface area (Å²) < 4.78 is 27.5. The van der Waals surface area contributed by atoms with Crippen molar-refractivity contribution < 1.29 is 13.2 Å². The molecule has 2 unspecified atom stereocenters. The molecule has 7 heteroatoms. The number of hydrogen-bond acceptors (Lipinski definition) is 4. The fraction of sp³-hybridized carbons (Fsp3) is 0.500. The van der Waals surface area contributed by atoms with Crippen molar-refractivity contribution >= 4 is 15.7 Å². The third kappa shape index (κ3) is 4.24. The van der Waals surface area contributed by atoms with Gasteiger partial charge in [0.15, 0.2) is 0 Å². The Hall–Kier alpha value is -2.15. The van der Waals surface area contributed by atoms with Crippen molar-refractivity contribution in [2.45, 2.75) is 39.3 Å². The smallest absolute Gasteiger partial charge is 0.238 e. The number of sulfone groups is 1. The number of carbonyl (C=O) groups excluding carboxylic acids is 1. The lowest BCUT2D eigenvalue weighted by molar-refractivity contribution is -0.131. The number of benzene rings is 1. The Bertz CT molecular complexity index is 939. The molecule has 2 atom stereocenters. The molecule has 6 nitrogen and oxygen atoms in total. The number of aryl methyl sites for hydroxylation is 2. The number of likely N-dealkylation sites (tertiary alicyclic amines) is 1. The van der Waals surface area contributed by atoms with Crippen LogP contribution < -0.4 is 0 Å². The number of imidazole rings is 1. The van der Waals surface area contributed by atoms with Crippen LogP contribution in [0.3, 0.4) is 0 Å². The van der Waals surface area contributed by atoms with Crippen LogP contribution in [-0.4, -0.2) is 47.6 Å². The second-order valence-electron chi connectivity index (χ2n) is 7.87. The highest BCUT2D eigenvalue weighted by Gasteiger charge is 2.31. The standard InChI is InChI=1S/C20H27N3O3S/c1-14-5-6-17(4)18(10-14)23-8-7-21-20(23)27(25,26)13-19(24)22-11-15(2)9-16(3)12-22/h5-8,10,15-16H,9,11-13H2,1-4H3. The minimum absolute atomic E-state index is 0.0809. The van der Waals surface area contributed by atoms with Crippen LogP contribution in [0.1, 0.15) is 31.4 Å². The first-order valence-electron chi connectivity index (χ1n) is 9.29. The van der Waals surface area contributed by atoms with Crippen molar-refractivity contribution in [1.82, 2.24) is 14.5 Å². The van der Waals surface area contributed by atoms with E-state index < -0.39 is 15.6 Å². The number of amides is 1. The van der Waals surface area contributed by atoms with Gasteiger partial charge in [-0.05, 0) is 49.3 Å². The summed E-state index contributed by atoms with van der Waals surface area (Å²) in [5.41, 5.74) is 2.74. The van der Waals surface area contributed by atoms with Crippen LogP contribution >= 0.6 is 0 Å². The fourth-order valence-corrected chi connectivity index (χ4v) is 5.18. The molecule has 1 aromatic heterocycles. The molecule has 1 aliphatic heterocycles. The second kappa shape index (κ2) is 7.46. The first-order chi connectivity index (χ1) is 12.7. The van der Waals surface area contributed by atoms with E-state index in [0.29, 0.717) is 24.9 Å². The SMILES string of the molecule is Cc1ccc(C)c(-n2ccnc2S(=O)(=O)CC(=O)N2CC(C)CC(C)C2)c1. The summed E-state index contributed by atoms with van der Waals surface area (Å²) in [4.78, 5) is 18.4. The minimum Gasteiger partial charge on any atom is -0.341 e. The van der Waals surface area contributed by atoms with Crippen LogP contribution in [0.15, 0.2) is 35.7 Å². The molecule has 2 aromatic rings. The lowest BCUT2D eigenvalue weighted by atomic mass is 9.92. The van der Waals surface area contributed by atoms with Gasteiger partial charge in [0.25, 0.3) is 0 Å². The van der Waals surface area contributed by atoms with E-state index in [-0.39, 0.29) is 11.1 Å². The predicted molar refractivity (Wildman–Crippen MR) is 105 cm³/mol. The fourth-order valence-electron chi connectivity index (χ4n) is 3.87. The van der Waals surface area contributed by atoms with E-state index in [0.717, 1.165) is 23.2 Å². The molecule has 0 aliphatic carbocycles. The molecule has 0 bridgehead atoms. The topological polar surface area (TPSA) is 72.3 Å². The maximum absolute atomic E-state index is 13.0. The molecule has 1 fully saturated rings. The first kappa shape index (κ1) is 19.6. The zero-order chi connectivity index (χ0) is 19.8. The van der Waals surface area contributed by atoms with E-state index in [2.05, 4.69) is 18.8 Å². The Morgan fingerprint density at radius 3 is 2.52 bits per heavy atom. The summed E-state index contributed by atoms with van der Waals surface area (Å²) in [7, 11) is -3.85. The van der Waals surface area contributed by atoms with Gasteiger partial charge in [0.05, 0.1) is 5.69 Å². The first-order valence-corrected chi connectivity index (χ1v) is 10.9. The molecule has 0 N–H and O–H groups in total. The average molecular weight is 390 g/mol. The van der Waals surface area contributed by atoms with Crippen molar-refractivity contribution in [3.8, 4) is 5.69 Å². The molecule has 1 aliphatic rings. The molecule has 0 spiro atoms. The minimum atomic E-state index is -3.85. The molecule has 3 rings (SSSR count). The monoisotopic (exact) mass is 389 g/mol. The molecular weight excluding hydrogens is 362 g/mol. The molecule has 1 aromatic carbocycles. The van der Waals surface area contributed by atoms with E-state index in [1.165, 1.54) is 6.20 Å². The second-order valence-corrected chi connectivity index (χ2v) is 9.76. The van der Waals surface area contributed by atoms with Crippen LogP contribution in [0.25, 0.3) is 5.69 Å². The van der Waals surface area contributed by atoms with E-state index >= 15 is 0 Å². The number of rotatable bonds is 4. The number of carbonyl (C=O) groups is 1. The number of piperidine rings is 1. The molecule has 0 saturated carbocycles. The van der Waals surface area contributed by atoms with Gasteiger partial charge in [0.2, 0.25) is 20.9 Å². The molecule has 1 saturated heterocycles. The van der Waals surface area contributed by atoms with Gasteiger partial charge < -0.3 is 4.90 Å². The van der Waals surface area contributed by atoms with E-state index in [4.69, 9.17) is 0 Å². The Labute approximate surface area is 161 Å². The summed E-state index contributed by atoms with van der Waals surface area (Å²) in [5.74, 6) is -0.118. The van der Waals surface area contributed by atoms with Gasteiger partial charge in [-0.15, -0.1) is 0 Å². The summed E-state index contributed by atoms with van der Waals surface area (Å²) in [5, 5.41) is -0.0809. The van der Waals surface area contributed by atoms with Crippen LogP contribution in [0, 0.1) is 25.7 Å². The van der Waals surface area contributed by atoms with Crippen LogP contribution in [0.5, 0.6) is 0 Å². The normalized spacial score (nSPS) is 20.7. The van der Waals surface area contributed by atoms with Crippen LogP contribution in [-0.2, 0) is 14.6 Å². The zero-order valence-electron chi connectivity index (χ0n) is 16.3. The van der Waals surface area contributed by atoms with Gasteiger partial charge in [0.1, 0.15) is 5.75 Å². The van der Waals surface area contributed by atoms with E-state index in [1.807, 2.05) is 32.0 Å². The summed E-state index contributed by atoms with van der Waals surface area (Å²) >= 11 is 0. The van der Waals surface area contributed by atoms with Crippen molar-refractivity contribution in [3.05, 3.63) is 41.7 Å². The Morgan fingerprint density at radius 1 is 1.19 bits per heavy atom. The van der Waals surface area contributed by atoms with E-state index in [1.54, 1.807) is 15.7 Å². The molecule has 1 amide bonds. The highest BCUT2D eigenvalue weighted by Crippen LogP contribution is 2.23. The Balaban J connectivity index is 1.87. The summed E-state index contributed by atoms with van der Waals surface area (Å²) in [6, 6.07) is 5.85. The molecular formula is C20H27N3O3S. The Morgan fingerprint density at radius 2 is 1.85 bits per heavy atom. The zero-order valence-corrected chi connectivity index (χ0v) is 17.2. The van der Waals surface area contributed by atoms with Gasteiger partial charge in [0, 0.05) is 25.5 Å². The summed E-state index contributed by atoms with van der Waals surface area (Å²) in [6.45, 7) is 9.30. The van der Waals surface area contributed by atoms with Gasteiger partial charge in [-0.25, -0.2) is 13.4 Å². The maximum atomic E-state index is 13.0. The highest BCUT2D eigenvalue weighted by molar-refractivity contribution is 7.92. The van der Waals surface area contributed by atoms with Crippen LogP contribution in [0.4, 0.5) is 0 Å². The highest BCUT2D eigenvalue weighted by atomic mass is 32.2. The third-order valence-corrected chi connectivity index (χ3v) is 6.53. The lowest BCUT2D eigenvalue weighted by Crippen LogP contribution is -2.45. The quantitative estimate of drug-likeness (QED) is 0.806. The van der Waals surface area contributed by atoms with Crippen LogP contribution in [0.2, 0.25) is 0 Å². The van der Waals surface area contributed by atoms with E-state index in [9.17, 15) is 13.2 Å². The lowest BCUT2D eigenvalue weighted by Gasteiger charge is -2.34. The largest absolute Gasteiger partial charge is 0.341 e. The summed E-state index contributed by atoms with van der Waals surface area (Å²) in [6.07, 6.45) is 4.15. The van der Waals surface area contributed by atoms with Gasteiger partial charge in [-0.2, -0.15) is 0 Å². The number of nitrogens with zero attached hydrogens (tertiary/aromatic N) is 3.